The molecule has 1 heterocycles. The Morgan fingerprint density at radius 3 is 2.56 bits per heavy atom. The molecule has 0 spiro atoms. The number of nitrogens with zero attached hydrogens (tertiary/aromatic N) is 1. The molecule has 0 N–H and O–H groups in total. The summed E-state index contributed by atoms with van der Waals surface area (Å²) in [5, 5.41) is 2.05. The van der Waals surface area contributed by atoms with Gasteiger partial charge in [-0.3, -0.25) is 0 Å². The second-order valence-corrected chi connectivity index (χ2v) is 5.69. The van der Waals surface area contributed by atoms with E-state index < -0.39 is 0 Å². The molecule has 0 aliphatic carbocycles. The Morgan fingerprint density at radius 1 is 1.25 bits per heavy atom. The van der Waals surface area contributed by atoms with Gasteiger partial charge in [-0.2, -0.15) is 0 Å². The van der Waals surface area contributed by atoms with Crippen molar-refractivity contribution in [3.63, 3.8) is 0 Å². The first-order valence-corrected chi connectivity index (χ1v) is 6.56. The topological polar surface area (TPSA) is 22.1 Å². The third-order valence-corrected chi connectivity index (χ3v) is 4.07. The average molecular weight is 298 g/mol. The number of hydrogen-bond acceptors (Lipinski definition) is 3. The summed E-state index contributed by atoms with van der Waals surface area (Å²) in [7, 11) is 1.70. The fraction of sp³-hybridized carbons (Fsp3) is 0.250. The lowest BCUT2D eigenvalue weighted by atomic mass is 10.0. The van der Waals surface area contributed by atoms with Crippen molar-refractivity contribution >= 4 is 27.3 Å². The van der Waals surface area contributed by atoms with E-state index in [4.69, 9.17) is 4.74 Å². The summed E-state index contributed by atoms with van der Waals surface area (Å²) in [6, 6.07) is 4.05. The molecule has 0 aliphatic rings. The molecule has 0 atom stereocenters. The fourth-order valence-electron chi connectivity index (χ4n) is 1.67. The number of aromatic nitrogens is 1. The van der Waals surface area contributed by atoms with Gasteiger partial charge in [-0.15, -0.1) is 11.3 Å². The van der Waals surface area contributed by atoms with Gasteiger partial charge in [0.25, 0.3) is 0 Å². The van der Waals surface area contributed by atoms with Crippen LogP contribution >= 0.6 is 27.3 Å². The molecule has 0 unspecified atom stereocenters. The minimum absolute atomic E-state index is 0.912. The van der Waals surface area contributed by atoms with Crippen molar-refractivity contribution in [2.45, 2.75) is 13.8 Å². The number of benzene rings is 1. The van der Waals surface area contributed by atoms with Gasteiger partial charge >= 0.3 is 0 Å². The summed E-state index contributed by atoms with van der Waals surface area (Å²) in [6.45, 7) is 4.17. The zero-order chi connectivity index (χ0) is 11.7. The molecule has 0 saturated carbocycles. The van der Waals surface area contributed by atoms with Crippen molar-refractivity contribution < 1.29 is 4.74 Å². The van der Waals surface area contributed by atoms with Crippen LogP contribution in [0.5, 0.6) is 5.75 Å². The highest BCUT2D eigenvalue weighted by atomic mass is 79.9. The van der Waals surface area contributed by atoms with Crippen molar-refractivity contribution in [2.24, 2.45) is 0 Å². The zero-order valence-corrected chi connectivity index (χ0v) is 11.8. The number of ether oxygens (including phenoxy) is 1. The molecular formula is C12H12BrNOS. The lowest BCUT2D eigenvalue weighted by Crippen LogP contribution is -1.92. The van der Waals surface area contributed by atoms with Gasteiger partial charge in [-0.25, -0.2) is 4.98 Å². The molecule has 1 aromatic heterocycles. The van der Waals surface area contributed by atoms with Crippen molar-refractivity contribution in [1.82, 2.24) is 4.98 Å². The number of methoxy groups -OCH3 is 1. The van der Waals surface area contributed by atoms with E-state index in [2.05, 4.69) is 46.2 Å². The molecule has 2 rings (SSSR count). The quantitative estimate of drug-likeness (QED) is 0.829. The monoisotopic (exact) mass is 297 g/mol. The second kappa shape index (κ2) is 4.55. The summed E-state index contributed by atoms with van der Waals surface area (Å²) in [5.41, 5.74) is 4.57. The van der Waals surface area contributed by atoms with E-state index in [0.29, 0.717) is 0 Å². The molecule has 2 nitrogen and oxygen atoms in total. The van der Waals surface area contributed by atoms with Crippen molar-refractivity contribution in [3.8, 4) is 17.0 Å². The van der Waals surface area contributed by atoms with Crippen LogP contribution in [0.1, 0.15) is 11.1 Å². The predicted molar refractivity (Wildman–Crippen MR) is 71.3 cm³/mol. The first-order chi connectivity index (χ1) is 7.63. The van der Waals surface area contributed by atoms with E-state index in [9.17, 15) is 0 Å². The summed E-state index contributed by atoms with van der Waals surface area (Å²) in [5.74, 6) is 0.926. The van der Waals surface area contributed by atoms with Gasteiger partial charge in [0.2, 0.25) is 0 Å². The summed E-state index contributed by atoms with van der Waals surface area (Å²) in [4.78, 5) is 4.43. The van der Waals surface area contributed by atoms with Gasteiger partial charge in [0.15, 0.2) is 3.92 Å². The Balaban J connectivity index is 2.55. The van der Waals surface area contributed by atoms with Gasteiger partial charge in [0, 0.05) is 10.9 Å². The van der Waals surface area contributed by atoms with Crippen molar-refractivity contribution in [2.75, 3.05) is 7.11 Å². The van der Waals surface area contributed by atoms with E-state index in [1.807, 2.05) is 6.07 Å². The van der Waals surface area contributed by atoms with Gasteiger partial charge in [0.05, 0.1) is 12.8 Å². The highest BCUT2D eigenvalue weighted by molar-refractivity contribution is 9.11. The minimum atomic E-state index is 0.912. The van der Waals surface area contributed by atoms with E-state index in [1.165, 1.54) is 16.7 Å². The largest absolute Gasteiger partial charge is 0.496 e. The van der Waals surface area contributed by atoms with Crippen LogP contribution in [0.15, 0.2) is 21.4 Å². The van der Waals surface area contributed by atoms with Crippen molar-refractivity contribution in [3.05, 3.63) is 32.6 Å². The lowest BCUT2D eigenvalue weighted by Gasteiger charge is -2.10. The van der Waals surface area contributed by atoms with E-state index in [-0.39, 0.29) is 0 Å². The molecule has 0 fully saturated rings. The maximum atomic E-state index is 5.29. The van der Waals surface area contributed by atoms with Crippen molar-refractivity contribution in [1.29, 1.82) is 0 Å². The molecule has 2 aromatic rings. The van der Waals surface area contributed by atoms with Crippen LogP contribution in [0.25, 0.3) is 11.3 Å². The highest BCUT2D eigenvalue weighted by Crippen LogP contribution is 2.32. The molecule has 0 radical (unpaired) electrons. The smallest absolute Gasteiger partial charge is 0.159 e. The Hall–Kier alpha value is -0.870. The molecule has 0 saturated heterocycles. The number of thiazole rings is 1. The maximum Gasteiger partial charge on any atom is 0.159 e. The van der Waals surface area contributed by atoms with Crippen LogP contribution in [0, 0.1) is 13.8 Å². The SMILES string of the molecule is COc1ccc(-c2csc(Br)n2)c(C)c1C. The second-order valence-electron chi connectivity index (χ2n) is 3.55. The van der Waals surface area contributed by atoms with E-state index >= 15 is 0 Å². The molecule has 0 amide bonds. The Labute approximate surface area is 107 Å². The molecule has 0 aliphatic heterocycles. The molecular weight excluding hydrogens is 286 g/mol. The van der Waals surface area contributed by atoms with Gasteiger partial charge in [0.1, 0.15) is 5.75 Å². The standard InChI is InChI=1S/C12H12BrNOS/c1-7-8(2)11(15-3)5-4-9(7)10-6-16-12(13)14-10/h4-6H,1-3H3. The molecule has 1 aromatic carbocycles. The first-order valence-electron chi connectivity index (χ1n) is 4.89. The fourth-order valence-corrected chi connectivity index (χ4v) is 2.68. The van der Waals surface area contributed by atoms with Gasteiger partial charge in [-0.1, -0.05) is 0 Å². The highest BCUT2D eigenvalue weighted by Gasteiger charge is 2.10. The van der Waals surface area contributed by atoms with Crippen LogP contribution in [-0.2, 0) is 0 Å². The third kappa shape index (κ3) is 1.99. The normalized spacial score (nSPS) is 10.5. The Morgan fingerprint density at radius 2 is 2.00 bits per heavy atom. The Bertz CT molecular complexity index is 522. The predicted octanol–water partition coefficient (Wildman–Crippen LogP) is 4.20. The van der Waals surface area contributed by atoms with Crippen LogP contribution in [0.4, 0.5) is 0 Å². The molecule has 84 valence electrons. The zero-order valence-electron chi connectivity index (χ0n) is 9.37. The first kappa shape index (κ1) is 11.6. The summed E-state index contributed by atoms with van der Waals surface area (Å²) >= 11 is 4.98. The third-order valence-electron chi connectivity index (χ3n) is 2.71. The minimum Gasteiger partial charge on any atom is -0.496 e. The number of hydrogen-bond donors (Lipinski definition) is 0. The molecule has 16 heavy (non-hydrogen) atoms. The van der Waals surface area contributed by atoms with Crippen LogP contribution in [0.2, 0.25) is 0 Å². The average Bonchev–Trinajstić information content (AvgIpc) is 2.69. The number of rotatable bonds is 2. The molecule has 4 heteroatoms. The van der Waals surface area contributed by atoms with Crippen LogP contribution in [-0.4, -0.2) is 12.1 Å². The lowest BCUT2D eigenvalue weighted by molar-refractivity contribution is 0.411. The Kier molecular flexibility index (Phi) is 3.30. The van der Waals surface area contributed by atoms with E-state index in [0.717, 1.165) is 15.4 Å². The maximum absolute atomic E-state index is 5.29. The number of halogens is 1. The summed E-state index contributed by atoms with van der Waals surface area (Å²) in [6.07, 6.45) is 0. The summed E-state index contributed by atoms with van der Waals surface area (Å²) < 4.78 is 6.21. The van der Waals surface area contributed by atoms with Gasteiger partial charge < -0.3 is 4.74 Å². The van der Waals surface area contributed by atoms with Gasteiger partial charge in [-0.05, 0) is 53.0 Å². The molecule has 0 bridgehead atoms. The van der Waals surface area contributed by atoms with E-state index in [1.54, 1.807) is 18.4 Å². The van der Waals surface area contributed by atoms with Crippen LogP contribution in [0.3, 0.4) is 0 Å². The van der Waals surface area contributed by atoms with Crippen LogP contribution < -0.4 is 4.74 Å².